The molecule has 0 fully saturated rings. The van der Waals surface area contributed by atoms with Crippen LogP contribution in [0.4, 0.5) is 28.4 Å². The van der Waals surface area contributed by atoms with Gasteiger partial charge in [-0.2, -0.15) is 21.9 Å². The van der Waals surface area contributed by atoms with Crippen LogP contribution in [0.2, 0.25) is 0 Å². The summed E-state index contributed by atoms with van der Waals surface area (Å²) in [5, 5.41) is 46.2. The van der Waals surface area contributed by atoms with Gasteiger partial charge in [-0.3, -0.25) is 9.11 Å². The molecule has 0 amide bonds. The third-order valence-corrected chi connectivity index (χ3v) is 7.90. The van der Waals surface area contributed by atoms with Crippen molar-refractivity contribution in [1.82, 2.24) is 4.98 Å². The molecule has 1 aromatic heterocycles. The van der Waals surface area contributed by atoms with E-state index in [9.17, 15) is 40.9 Å². The van der Waals surface area contributed by atoms with Gasteiger partial charge in [0.25, 0.3) is 20.2 Å². The number of phenols is 2. The van der Waals surface area contributed by atoms with Crippen LogP contribution in [0, 0.1) is 0 Å². The molecule has 0 aliphatic rings. The second kappa shape index (κ2) is 10.9. The normalized spacial score (nSPS) is 12.5. The zero-order chi connectivity index (χ0) is 32.0. The summed E-state index contributed by atoms with van der Waals surface area (Å²) in [5.74, 6) is -2.60. The number of phenolic OH excluding ortho intramolecular Hbond substituents is 2. The first-order valence-electron chi connectivity index (χ1n) is 12.0. The molecule has 5 rings (SSSR count). The second-order valence-electron chi connectivity index (χ2n) is 9.09. The Labute approximate surface area is 247 Å². The number of nitrogens with zero attached hydrogens (tertiary/aromatic N) is 5. The molecule has 0 saturated heterocycles. The minimum absolute atomic E-state index is 0.0104. The number of hydrogen-bond donors (Lipinski definition) is 6. The summed E-state index contributed by atoms with van der Waals surface area (Å²) in [6, 6.07) is 12.5. The molecule has 1 heterocycles. The third-order valence-electron chi connectivity index (χ3n) is 6.16. The van der Waals surface area contributed by atoms with Crippen molar-refractivity contribution in [2.24, 2.45) is 20.5 Å². The fourth-order valence-electron chi connectivity index (χ4n) is 4.15. The Bertz CT molecular complexity index is 2290. The highest BCUT2D eigenvalue weighted by Crippen LogP contribution is 2.44. The molecule has 16 nitrogen and oxygen atoms in total. The number of hydrogen-bond acceptors (Lipinski definition) is 13. The lowest BCUT2D eigenvalue weighted by Gasteiger charge is -2.10. The van der Waals surface area contributed by atoms with E-state index in [1.807, 2.05) is 0 Å². The van der Waals surface area contributed by atoms with Crippen molar-refractivity contribution in [2.75, 3.05) is 5.73 Å². The number of aromatic carboxylic acids is 1. The van der Waals surface area contributed by atoms with E-state index in [2.05, 4.69) is 25.4 Å². The van der Waals surface area contributed by atoms with Crippen LogP contribution in [0.15, 0.2) is 97.1 Å². The predicted octanol–water partition coefficient (Wildman–Crippen LogP) is 5.40. The molecule has 0 aliphatic heterocycles. The molecule has 0 bridgehead atoms. The monoisotopic (exact) mass is 638 g/mol. The predicted molar refractivity (Wildman–Crippen MR) is 155 cm³/mol. The maximum absolute atomic E-state index is 12.2. The molecule has 0 unspecified atom stereocenters. The number of pyridine rings is 1. The Kier molecular flexibility index (Phi) is 7.43. The number of azo groups is 2. The van der Waals surface area contributed by atoms with Gasteiger partial charge in [0, 0.05) is 16.5 Å². The summed E-state index contributed by atoms with van der Waals surface area (Å²) in [4.78, 5) is 13.0. The largest absolute Gasteiger partial charge is 0.505 e. The molecule has 5 aromatic rings. The molecule has 0 atom stereocenters. The summed E-state index contributed by atoms with van der Waals surface area (Å²) in [5.41, 5.74) is 4.49. The SMILES string of the molecule is Nc1ccc2c(O)c(N=Nc3ccc4c(O)c(N=Nc5ccc(C(=O)O)nc5)c(S(=O)(=O)O)cc4c3)c(S(=O)(=O)O)cc2c1. The lowest BCUT2D eigenvalue weighted by molar-refractivity contribution is 0.0690. The van der Waals surface area contributed by atoms with E-state index in [-0.39, 0.29) is 44.3 Å². The van der Waals surface area contributed by atoms with E-state index < -0.39 is 58.9 Å². The molecule has 224 valence electrons. The Hall–Kier alpha value is -5.56. The molecule has 0 saturated carbocycles. The number of carboxylic acids is 1. The maximum atomic E-state index is 12.2. The highest BCUT2D eigenvalue weighted by molar-refractivity contribution is 7.86. The van der Waals surface area contributed by atoms with Gasteiger partial charge < -0.3 is 21.1 Å². The Morgan fingerprint density at radius 3 is 1.68 bits per heavy atom. The summed E-state index contributed by atoms with van der Waals surface area (Å²) in [6.07, 6.45) is 1.05. The molecule has 18 heteroatoms. The standard InChI is InChI=1S/C26H18N6O10S2/c27-14-1-4-17-12(7-14)9-20(43(37,38)39)22(24(17)33)31-29-15-2-5-18-13(8-15)10-21(44(40,41)42)23(25(18)34)32-30-16-3-6-19(26(35)36)28-11-16/h1-11,33-34H,27H2,(H,35,36)(H,37,38,39)(H,40,41,42). The van der Waals surface area contributed by atoms with Crippen LogP contribution in [0.1, 0.15) is 10.5 Å². The van der Waals surface area contributed by atoms with Crippen LogP contribution in [0.3, 0.4) is 0 Å². The number of aromatic hydroxyl groups is 2. The van der Waals surface area contributed by atoms with E-state index >= 15 is 0 Å². The first-order chi connectivity index (χ1) is 20.6. The summed E-state index contributed by atoms with van der Waals surface area (Å²) >= 11 is 0. The highest BCUT2D eigenvalue weighted by Gasteiger charge is 2.24. The van der Waals surface area contributed by atoms with Gasteiger partial charge >= 0.3 is 5.97 Å². The van der Waals surface area contributed by atoms with Crippen molar-refractivity contribution in [3.05, 3.63) is 72.6 Å². The smallest absolute Gasteiger partial charge is 0.354 e. The minimum atomic E-state index is -4.99. The number of anilines is 1. The molecule has 0 radical (unpaired) electrons. The number of benzene rings is 4. The molecule has 7 N–H and O–H groups in total. The third kappa shape index (κ3) is 5.85. The molecule has 0 aliphatic carbocycles. The molecular weight excluding hydrogens is 620 g/mol. The first kappa shape index (κ1) is 29.9. The van der Waals surface area contributed by atoms with Gasteiger partial charge in [-0.1, -0.05) is 0 Å². The van der Waals surface area contributed by atoms with Gasteiger partial charge in [-0.25, -0.2) is 9.78 Å². The van der Waals surface area contributed by atoms with Gasteiger partial charge in [0.15, 0.2) is 11.5 Å². The Morgan fingerprint density at radius 2 is 1.18 bits per heavy atom. The number of rotatable bonds is 7. The van der Waals surface area contributed by atoms with Gasteiger partial charge in [0.2, 0.25) is 0 Å². The van der Waals surface area contributed by atoms with E-state index in [0.717, 1.165) is 24.4 Å². The zero-order valence-corrected chi connectivity index (χ0v) is 23.4. The van der Waals surface area contributed by atoms with Crippen LogP contribution in [0.25, 0.3) is 21.5 Å². The van der Waals surface area contributed by atoms with Gasteiger partial charge in [-0.15, -0.1) is 15.3 Å². The number of nitrogens with two attached hydrogens (primary N) is 1. The van der Waals surface area contributed by atoms with Crippen LogP contribution >= 0.6 is 0 Å². The number of carbonyl (C=O) groups is 1. The van der Waals surface area contributed by atoms with E-state index in [1.165, 1.54) is 42.5 Å². The van der Waals surface area contributed by atoms with Crippen LogP contribution in [0.5, 0.6) is 11.5 Å². The van der Waals surface area contributed by atoms with Crippen molar-refractivity contribution < 1.29 is 46.1 Å². The van der Waals surface area contributed by atoms with E-state index in [0.29, 0.717) is 0 Å². The molecule has 4 aromatic carbocycles. The van der Waals surface area contributed by atoms with Crippen LogP contribution < -0.4 is 5.73 Å². The lowest BCUT2D eigenvalue weighted by Crippen LogP contribution is -1.99. The van der Waals surface area contributed by atoms with Crippen LogP contribution in [-0.4, -0.2) is 52.2 Å². The molecule has 44 heavy (non-hydrogen) atoms. The first-order valence-corrected chi connectivity index (χ1v) is 14.8. The van der Waals surface area contributed by atoms with Crippen molar-refractivity contribution in [3.63, 3.8) is 0 Å². The van der Waals surface area contributed by atoms with Crippen molar-refractivity contribution >= 4 is 76.2 Å². The number of carboxylic acid groups (broad SMARTS) is 1. The minimum Gasteiger partial charge on any atom is -0.505 e. The van der Waals surface area contributed by atoms with E-state index in [1.54, 1.807) is 0 Å². The number of aromatic nitrogens is 1. The fraction of sp³-hybridized carbons (Fsp3) is 0. The topological polar surface area (TPSA) is 275 Å². The summed E-state index contributed by atoms with van der Waals surface area (Å²) in [7, 11) is -9.88. The summed E-state index contributed by atoms with van der Waals surface area (Å²) in [6.45, 7) is 0. The summed E-state index contributed by atoms with van der Waals surface area (Å²) < 4.78 is 68.1. The Balaban J connectivity index is 1.60. The van der Waals surface area contributed by atoms with Gasteiger partial charge in [-0.05, 0) is 71.4 Å². The molecular formula is C26H18N6O10S2. The van der Waals surface area contributed by atoms with Crippen molar-refractivity contribution in [1.29, 1.82) is 0 Å². The average Bonchev–Trinajstić information content (AvgIpc) is 2.95. The maximum Gasteiger partial charge on any atom is 0.354 e. The quantitative estimate of drug-likeness (QED) is 0.0742. The number of nitrogen functional groups attached to an aromatic ring is 1. The fourth-order valence-corrected chi connectivity index (χ4v) is 5.46. The van der Waals surface area contributed by atoms with E-state index in [4.69, 9.17) is 10.8 Å². The van der Waals surface area contributed by atoms with Gasteiger partial charge in [0.05, 0.1) is 11.9 Å². The zero-order valence-electron chi connectivity index (χ0n) is 21.8. The van der Waals surface area contributed by atoms with Gasteiger partial charge in [0.1, 0.15) is 32.5 Å². The van der Waals surface area contributed by atoms with Crippen molar-refractivity contribution in [2.45, 2.75) is 9.79 Å². The number of fused-ring (bicyclic) bond motifs is 2. The second-order valence-corrected chi connectivity index (χ2v) is 11.9. The lowest BCUT2D eigenvalue weighted by atomic mass is 10.1. The Morgan fingerprint density at radius 1 is 0.682 bits per heavy atom. The highest BCUT2D eigenvalue weighted by atomic mass is 32.2. The van der Waals surface area contributed by atoms with Crippen molar-refractivity contribution in [3.8, 4) is 11.5 Å². The van der Waals surface area contributed by atoms with Crippen LogP contribution in [-0.2, 0) is 20.2 Å². The average molecular weight is 639 g/mol. The molecule has 0 spiro atoms.